The van der Waals surface area contributed by atoms with Gasteiger partial charge in [0.1, 0.15) is 18.5 Å². The van der Waals surface area contributed by atoms with Gasteiger partial charge in [0.05, 0.1) is 23.9 Å². The van der Waals surface area contributed by atoms with Crippen LogP contribution >= 0.6 is 0 Å². The second kappa shape index (κ2) is 9.19. The van der Waals surface area contributed by atoms with Crippen LogP contribution in [0.4, 0.5) is 23.7 Å². The molecule has 1 aliphatic heterocycles. The van der Waals surface area contributed by atoms with Crippen molar-refractivity contribution in [1.82, 2.24) is 5.32 Å². The van der Waals surface area contributed by atoms with Gasteiger partial charge in [-0.2, -0.15) is 21.6 Å². The highest BCUT2D eigenvalue weighted by molar-refractivity contribution is 7.85. The van der Waals surface area contributed by atoms with Gasteiger partial charge in [-0.05, 0) is 36.4 Å². The van der Waals surface area contributed by atoms with Crippen molar-refractivity contribution in [3.05, 3.63) is 65.2 Å². The van der Waals surface area contributed by atoms with Gasteiger partial charge in [0.15, 0.2) is 0 Å². The van der Waals surface area contributed by atoms with Crippen molar-refractivity contribution < 1.29 is 40.1 Å². The first-order chi connectivity index (χ1) is 15.3. The number of rotatable bonds is 6. The second-order valence-electron chi connectivity index (χ2n) is 7.02. The van der Waals surface area contributed by atoms with E-state index in [1.54, 1.807) is 0 Å². The monoisotopic (exact) mass is 485 g/mol. The summed E-state index contributed by atoms with van der Waals surface area (Å²) >= 11 is 0. The summed E-state index contributed by atoms with van der Waals surface area (Å²) in [6.07, 6.45) is -5.39. The molecule has 0 aromatic heterocycles. The SMILES string of the molecule is CS(=O)(=O)OCC1CN(c2ccc(C(=N)NC(=O)c3ccccc3C(F)(F)F)cc2)C(=O)O1. The van der Waals surface area contributed by atoms with Crippen molar-refractivity contribution in [2.45, 2.75) is 12.3 Å². The highest BCUT2D eigenvalue weighted by atomic mass is 32.2. The molecule has 2 aromatic rings. The van der Waals surface area contributed by atoms with Gasteiger partial charge in [0.25, 0.3) is 16.0 Å². The minimum atomic E-state index is -4.73. The molecule has 9 nitrogen and oxygen atoms in total. The average Bonchev–Trinajstić information content (AvgIpc) is 3.12. The molecule has 2 N–H and O–H groups in total. The molecule has 1 saturated heterocycles. The fraction of sp³-hybridized carbons (Fsp3) is 0.250. The van der Waals surface area contributed by atoms with E-state index in [1.807, 2.05) is 0 Å². The van der Waals surface area contributed by atoms with Crippen molar-refractivity contribution >= 4 is 33.6 Å². The Kier molecular flexibility index (Phi) is 6.74. The molecule has 13 heteroatoms. The van der Waals surface area contributed by atoms with Gasteiger partial charge in [-0.3, -0.25) is 19.3 Å². The first-order valence-electron chi connectivity index (χ1n) is 9.34. The molecule has 2 aromatic carbocycles. The van der Waals surface area contributed by atoms with Gasteiger partial charge in [-0.1, -0.05) is 12.1 Å². The number of carbonyl (C=O) groups excluding carboxylic acids is 2. The predicted molar refractivity (Wildman–Crippen MR) is 111 cm³/mol. The Morgan fingerprint density at radius 3 is 2.45 bits per heavy atom. The van der Waals surface area contributed by atoms with E-state index in [2.05, 4.69) is 9.50 Å². The molecule has 0 aliphatic carbocycles. The van der Waals surface area contributed by atoms with Crippen LogP contribution in [-0.2, 0) is 25.2 Å². The molecule has 1 heterocycles. The number of cyclic esters (lactones) is 1. The lowest BCUT2D eigenvalue weighted by Crippen LogP contribution is -2.32. The van der Waals surface area contributed by atoms with E-state index in [0.29, 0.717) is 5.69 Å². The van der Waals surface area contributed by atoms with Gasteiger partial charge in [-0.25, -0.2) is 4.79 Å². The van der Waals surface area contributed by atoms with E-state index in [4.69, 9.17) is 10.1 Å². The average molecular weight is 485 g/mol. The van der Waals surface area contributed by atoms with Crippen molar-refractivity contribution in [2.75, 3.05) is 24.3 Å². The quantitative estimate of drug-likeness (QED) is 0.368. The largest absolute Gasteiger partial charge is 0.441 e. The molecule has 1 aliphatic rings. The van der Waals surface area contributed by atoms with Crippen LogP contribution < -0.4 is 10.2 Å². The Labute approximate surface area is 186 Å². The van der Waals surface area contributed by atoms with Crippen LogP contribution in [0.3, 0.4) is 0 Å². The Hall–Kier alpha value is -3.45. The smallest absolute Gasteiger partial charge is 0.417 e. The van der Waals surface area contributed by atoms with Crippen LogP contribution in [0.1, 0.15) is 21.5 Å². The fourth-order valence-corrected chi connectivity index (χ4v) is 3.41. The van der Waals surface area contributed by atoms with Crippen molar-refractivity contribution in [2.24, 2.45) is 0 Å². The molecule has 1 fully saturated rings. The number of carbonyl (C=O) groups is 2. The van der Waals surface area contributed by atoms with E-state index in [0.717, 1.165) is 24.5 Å². The normalized spacial score (nSPS) is 16.4. The molecule has 0 spiro atoms. The number of nitrogens with zero attached hydrogens (tertiary/aromatic N) is 1. The number of anilines is 1. The number of amidine groups is 1. The third-order valence-electron chi connectivity index (χ3n) is 4.53. The molecule has 33 heavy (non-hydrogen) atoms. The molecule has 3 rings (SSSR count). The lowest BCUT2D eigenvalue weighted by Gasteiger charge is -2.15. The van der Waals surface area contributed by atoms with Crippen molar-refractivity contribution in [3.8, 4) is 0 Å². The topological polar surface area (TPSA) is 126 Å². The van der Waals surface area contributed by atoms with Gasteiger partial charge in [-0.15, -0.1) is 0 Å². The Balaban J connectivity index is 1.67. The van der Waals surface area contributed by atoms with E-state index in [-0.39, 0.29) is 18.7 Å². The second-order valence-corrected chi connectivity index (χ2v) is 8.67. The van der Waals surface area contributed by atoms with Crippen LogP contribution in [0.15, 0.2) is 48.5 Å². The first-order valence-corrected chi connectivity index (χ1v) is 11.2. The van der Waals surface area contributed by atoms with Gasteiger partial charge in [0.2, 0.25) is 0 Å². The van der Waals surface area contributed by atoms with Crippen LogP contribution in [0, 0.1) is 5.41 Å². The molecular weight excluding hydrogens is 467 g/mol. The number of benzene rings is 2. The van der Waals surface area contributed by atoms with Gasteiger partial charge < -0.3 is 10.1 Å². The summed E-state index contributed by atoms with van der Waals surface area (Å²) in [5.41, 5.74) is -1.19. The third-order valence-corrected chi connectivity index (χ3v) is 5.09. The number of alkyl halides is 3. The molecule has 1 unspecified atom stereocenters. The zero-order valence-electron chi connectivity index (χ0n) is 17.0. The van der Waals surface area contributed by atoms with E-state index < -0.39 is 51.4 Å². The number of amides is 2. The summed E-state index contributed by atoms with van der Waals surface area (Å²) in [6, 6.07) is 9.90. The minimum Gasteiger partial charge on any atom is -0.441 e. The predicted octanol–water partition coefficient (Wildman–Crippen LogP) is 2.76. The molecule has 176 valence electrons. The molecule has 0 saturated carbocycles. The van der Waals surface area contributed by atoms with Crippen molar-refractivity contribution in [1.29, 1.82) is 5.41 Å². The highest BCUT2D eigenvalue weighted by Gasteiger charge is 2.35. The third kappa shape index (κ3) is 6.08. The van der Waals surface area contributed by atoms with Crippen LogP contribution in [-0.4, -0.2) is 51.8 Å². The highest BCUT2D eigenvalue weighted by Crippen LogP contribution is 2.31. The molecule has 0 radical (unpaired) electrons. The first kappa shape index (κ1) is 24.2. The van der Waals surface area contributed by atoms with Crippen molar-refractivity contribution in [3.63, 3.8) is 0 Å². The van der Waals surface area contributed by atoms with Gasteiger partial charge in [0, 0.05) is 11.3 Å². The minimum absolute atomic E-state index is 0.0239. The van der Waals surface area contributed by atoms with E-state index in [9.17, 15) is 31.2 Å². The Morgan fingerprint density at radius 1 is 1.21 bits per heavy atom. The lowest BCUT2D eigenvalue weighted by molar-refractivity contribution is -0.137. The number of hydrogen-bond acceptors (Lipinski definition) is 7. The van der Waals surface area contributed by atoms with Crippen LogP contribution in [0.5, 0.6) is 0 Å². The van der Waals surface area contributed by atoms with E-state index in [1.165, 1.54) is 35.2 Å². The summed E-state index contributed by atoms with van der Waals surface area (Å²) < 4.78 is 71.2. The summed E-state index contributed by atoms with van der Waals surface area (Å²) in [5, 5.41) is 10.1. The molecule has 0 bridgehead atoms. The molecular formula is C20H18F3N3O6S. The number of halogens is 3. The Morgan fingerprint density at radius 2 is 1.85 bits per heavy atom. The van der Waals surface area contributed by atoms with Crippen LogP contribution in [0.25, 0.3) is 0 Å². The fourth-order valence-electron chi connectivity index (χ4n) is 3.01. The zero-order valence-corrected chi connectivity index (χ0v) is 17.9. The zero-order chi connectivity index (χ0) is 24.4. The standard InChI is InChI=1S/C20H18F3N3O6S/c1-33(29,30)31-11-14-10-26(19(28)32-14)13-8-6-12(7-9-13)17(24)25-18(27)15-4-2-3-5-16(15)20(21,22)23/h2-9,14H,10-11H2,1H3,(H2,24,25,27). The molecule has 2 amide bonds. The summed E-state index contributed by atoms with van der Waals surface area (Å²) in [4.78, 5) is 25.6. The van der Waals surface area contributed by atoms with Gasteiger partial charge >= 0.3 is 12.3 Å². The maximum atomic E-state index is 13.1. The van der Waals surface area contributed by atoms with E-state index >= 15 is 0 Å². The number of ether oxygens (including phenoxy) is 1. The maximum absolute atomic E-state index is 13.1. The summed E-state index contributed by atoms with van der Waals surface area (Å²) in [6.45, 7) is -0.314. The molecule has 1 atom stereocenters. The van der Waals surface area contributed by atoms with Crippen LogP contribution in [0.2, 0.25) is 0 Å². The lowest BCUT2D eigenvalue weighted by atomic mass is 10.1. The maximum Gasteiger partial charge on any atom is 0.417 e. The summed E-state index contributed by atoms with van der Waals surface area (Å²) in [7, 11) is -3.70. The summed E-state index contributed by atoms with van der Waals surface area (Å²) in [5.74, 6) is -1.53. The number of hydrogen-bond donors (Lipinski definition) is 2. The number of nitrogens with one attached hydrogen (secondary N) is 2. The Bertz CT molecular complexity index is 1180.